The van der Waals surface area contributed by atoms with Gasteiger partial charge >= 0.3 is 0 Å². The van der Waals surface area contributed by atoms with E-state index in [0.717, 1.165) is 47.9 Å². The molecule has 2 heterocycles. The van der Waals surface area contributed by atoms with Crippen molar-refractivity contribution in [2.45, 2.75) is 86.7 Å². The summed E-state index contributed by atoms with van der Waals surface area (Å²) in [6.07, 6.45) is -2.83. The number of aliphatic imine (C=N–C) groups is 2. The normalized spacial score (nSPS) is 28.8. The molecule has 6 aliphatic rings. The third kappa shape index (κ3) is 6.58. The van der Waals surface area contributed by atoms with Gasteiger partial charge in [0.15, 0.2) is 11.1 Å². The van der Waals surface area contributed by atoms with Crippen LogP contribution in [0.4, 0.5) is 37.7 Å². The van der Waals surface area contributed by atoms with E-state index in [2.05, 4.69) is 32.8 Å². The molecule has 0 aromatic heterocycles. The number of hydrogen-bond acceptors (Lipinski definition) is 10. The first-order chi connectivity index (χ1) is 28.8. The minimum atomic E-state index is -2.92. The molecule has 4 aromatic rings. The molecule has 0 saturated heterocycles. The second-order valence-electron chi connectivity index (χ2n) is 16.1. The maximum absolute atomic E-state index is 14.8. The van der Waals surface area contributed by atoms with Gasteiger partial charge in [0.05, 0.1) is 35.3 Å². The van der Waals surface area contributed by atoms with Gasteiger partial charge in [-0.3, -0.25) is 0 Å². The van der Waals surface area contributed by atoms with Gasteiger partial charge in [-0.05, 0) is 121 Å². The number of nitrogens with two attached hydrogens (primary N) is 2. The lowest BCUT2D eigenvalue weighted by molar-refractivity contribution is 0.0176. The molecule has 8 atom stereocenters. The van der Waals surface area contributed by atoms with Gasteiger partial charge in [-0.2, -0.15) is 10.5 Å². The van der Waals surface area contributed by atoms with Crippen LogP contribution in [0.15, 0.2) is 82.8 Å². The molecule has 308 valence electrons. The van der Waals surface area contributed by atoms with Gasteiger partial charge < -0.3 is 31.6 Å². The summed E-state index contributed by atoms with van der Waals surface area (Å²) in [4.78, 5) is 7.84. The smallest absolute Gasteiger partial charge is 0.283 e. The number of nitrogens with zero attached hydrogens (tertiary/aromatic N) is 4. The molecule has 0 bridgehead atoms. The summed E-state index contributed by atoms with van der Waals surface area (Å²) in [6, 6.07) is 22.9. The van der Waals surface area contributed by atoms with Crippen molar-refractivity contribution < 1.29 is 35.8 Å². The van der Waals surface area contributed by atoms with Gasteiger partial charge in [-0.15, -0.1) is 0 Å². The van der Waals surface area contributed by atoms with Crippen LogP contribution in [0, 0.1) is 46.1 Å². The fraction of sp³-hybridized carbons (Fsp3) is 0.364. The van der Waals surface area contributed by atoms with Crippen LogP contribution in [-0.2, 0) is 33.4 Å². The van der Waals surface area contributed by atoms with Gasteiger partial charge in [0.2, 0.25) is 0 Å². The third-order valence-corrected chi connectivity index (χ3v) is 12.6. The number of aryl methyl sites for hydroxylation is 2. The molecule has 4 aromatic carbocycles. The number of halogens is 6. The number of ether oxygens (including phenoxy) is 2. The topological polar surface area (TPSA) is 167 Å². The van der Waals surface area contributed by atoms with E-state index in [1.54, 1.807) is 12.1 Å². The lowest BCUT2D eigenvalue weighted by atomic mass is 9.84. The van der Waals surface area contributed by atoms with E-state index < -0.39 is 59.6 Å². The number of hydrogen-bond donors (Lipinski definition) is 4. The van der Waals surface area contributed by atoms with Crippen LogP contribution >= 0.6 is 0 Å². The van der Waals surface area contributed by atoms with E-state index in [-0.39, 0.29) is 35.3 Å². The SMILES string of the molecule is N#Cc1ccc2c(c1)CC[C@H]2Nc1ccc(F)c([C@@]2(C(F)F)N=C(N)O[C@@H]3C[C@@H]32)c1.N#Cc1ccc2c(c1)CC[C@H]2Nc1ccc(F)c([C@@]2(C(F)F)N=C(N)O[C@@H]3C[C@@H]32)c1. The molecule has 10 nitrogen and oxygen atoms in total. The number of alkyl halides is 4. The van der Waals surface area contributed by atoms with Gasteiger partial charge in [-0.25, -0.2) is 36.3 Å². The van der Waals surface area contributed by atoms with Crippen molar-refractivity contribution in [3.05, 3.63) is 129 Å². The zero-order valence-corrected chi connectivity index (χ0v) is 31.8. The first kappa shape index (κ1) is 39.1. The van der Waals surface area contributed by atoms with Crippen molar-refractivity contribution in [3.63, 3.8) is 0 Å². The highest BCUT2D eigenvalue weighted by molar-refractivity contribution is 5.75. The first-order valence-electron chi connectivity index (χ1n) is 19.6. The molecule has 2 aliphatic heterocycles. The molecule has 10 rings (SSSR count). The van der Waals surface area contributed by atoms with Crippen molar-refractivity contribution in [1.29, 1.82) is 10.5 Å². The van der Waals surface area contributed by atoms with Crippen LogP contribution in [-0.4, -0.2) is 37.1 Å². The number of amidine groups is 2. The molecule has 60 heavy (non-hydrogen) atoms. The highest BCUT2D eigenvalue weighted by atomic mass is 19.3. The van der Waals surface area contributed by atoms with E-state index in [1.807, 2.05) is 24.3 Å². The predicted octanol–water partition coefficient (Wildman–Crippen LogP) is 7.98. The Morgan fingerprint density at radius 2 is 1.05 bits per heavy atom. The zero-order chi connectivity index (χ0) is 42.1. The summed E-state index contributed by atoms with van der Waals surface area (Å²) in [5.74, 6) is -2.69. The quantitative estimate of drug-likeness (QED) is 0.130. The Labute approximate surface area is 340 Å². The Bertz CT molecular complexity index is 2370. The molecule has 0 spiro atoms. The molecule has 0 amide bonds. The van der Waals surface area contributed by atoms with E-state index in [4.69, 9.17) is 31.5 Å². The zero-order valence-electron chi connectivity index (χ0n) is 31.8. The Hall–Kier alpha value is -6.42. The Balaban J connectivity index is 0.000000154. The number of fused-ring (bicyclic) bond motifs is 4. The summed E-state index contributed by atoms with van der Waals surface area (Å²) in [5.41, 5.74) is 13.4. The van der Waals surface area contributed by atoms with E-state index in [0.29, 0.717) is 35.3 Å². The van der Waals surface area contributed by atoms with E-state index in [9.17, 15) is 26.3 Å². The summed E-state index contributed by atoms with van der Waals surface area (Å²) in [6.45, 7) is 0. The average molecular weight is 825 g/mol. The molecule has 2 saturated carbocycles. The summed E-state index contributed by atoms with van der Waals surface area (Å²) in [5, 5.41) is 24.8. The summed E-state index contributed by atoms with van der Waals surface area (Å²) < 4.78 is 97.1. The molecular weight excluding hydrogens is 787 g/mol. The predicted molar refractivity (Wildman–Crippen MR) is 209 cm³/mol. The maximum Gasteiger partial charge on any atom is 0.283 e. The Morgan fingerprint density at radius 3 is 1.43 bits per heavy atom. The molecule has 0 unspecified atom stereocenters. The monoisotopic (exact) mass is 824 g/mol. The fourth-order valence-electron chi connectivity index (χ4n) is 9.52. The highest BCUT2D eigenvalue weighted by Gasteiger charge is 2.65. The Kier molecular flexibility index (Phi) is 9.56. The van der Waals surface area contributed by atoms with Gasteiger partial charge in [0.1, 0.15) is 23.8 Å². The lowest BCUT2D eigenvalue weighted by Crippen LogP contribution is -2.43. The fourth-order valence-corrected chi connectivity index (χ4v) is 9.52. The molecule has 16 heteroatoms. The minimum absolute atomic E-state index is 0.0505. The highest BCUT2D eigenvalue weighted by Crippen LogP contribution is 2.58. The summed E-state index contributed by atoms with van der Waals surface area (Å²) >= 11 is 0. The average Bonchev–Trinajstić information content (AvgIpc) is 4.12. The van der Waals surface area contributed by atoms with Crippen molar-refractivity contribution in [2.24, 2.45) is 33.3 Å². The Morgan fingerprint density at radius 1 is 0.633 bits per heavy atom. The van der Waals surface area contributed by atoms with Crippen LogP contribution in [0.3, 0.4) is 0 Å². The molecule has 4 aliphatic carbocycles. The standard InChI is InChI=1S/2C22H19F3N4O/c2*23-17-5-3-13(28-18-6-2-12-7-11(10-26)1-4-14(12)18)8-15(17)22(20(24)25)16-9-19(16)30-21(27)29-22/h2*1,3-5,7-8,16,18-20,28H,2,6,9H2,(H2,27,29)/t2*16-,18+,19+,22+/m00/s1. The number of anilines is 2. The second kappa shape index (κ2) is 14.7. The van der Waals surface area contributed by atoms with Crippen LogP contribution in [0.25, 0.3) is 0 Å². The third-order valence-electron chi connectivity index (χ3n) is 12.6. The van der Waals surface area contributed by atoms with Crippen LogP contribution < -0.4 is 22.1 Å². The van der Waals surface area contributed by atoms with Crippen molar-refractivity contribution in [3.8, 4) is 12.1 Å². The number of nitrogens with one attached hydrogen (secondary N) is 2. The van der Waals surface area contributed by atoms with Crippen LogP contribution in [0.1, 0.15) is 82.3 Å². The van der Waals surface area contributed by atoms with E-state index in [1.165, 1.54) is 36.4 Å². The minimum Gasteiger partial charge on any atom is -0.462 e. The van der Waals surface area contributed by atoms with Crippen molar-refractivity contribution >= 4 is 23.4 Å². The molecule has 0 radical (unpaired) electrons. The second-order valence-corrected chi connectivity index (χ2v) is 16.1. The lowest BCUT2D eigenvalue weighted by Gasteiger charge is -2.33. The van der Waals surface area contributed by atoms with Crippen LogP contribution in [0.2, 0.25) is 0 Å². The van der Waals surface area contributed by atoms with Crippen molar-refractivity contribution in [2.75, 3.05) is 10.6 Å². The maximum atomic E-state index is 14.8. The number of benzene rings is 4. The summed E-state index contributed by atoms with van der Waals surface area (Å²) in [7, 11) is 0. The van der Waals surface area contributed by atoms with Crippen LogP contribution in [0.5, 0.6) is 0 Å². The first-order valence-corrected chi connectivity index (χ1v) is 19.6. The van der Waals surface area contributed by atoms with E-state index >= 15 is 0 Å². The van der Waals surface area contributed by atoms with Gasteiger partial charge in [0, 0.05) is 34.3 Å². The largest absolute Gasteiger partial charge is 0.462 e. The molecule has 2 fully saturated rings. The van der Waals surface area contributed by atoms with Crippen molar-refractivity contribution in [1.82, 2.24) is 0 Å². The van der Waals surface area contributed by atoms with Gasteiger partial charge in [0.25, 0.3) is 24.9 Å². The van der Waals surface area contributed by atoms with Gasteiger partial charge in [-0.1, -0.05) is 12.1 Å². The number of nitriles is 2. The number of rotatable bonds is 8. The molecule has 6 N–H and O–H groups in total. The molecular formula is C44H38F6N8O2.